The number of rotatable bonds is 8. The maximum absolute atomic E-state index is 6.42. The monoisotopic (exact) mass is 748 g/mol. The Bertz CT molecular complexity index is 2850. The molecule has 0 atom stereocenters. The smallest absolute Gasteiger partial charge is 0.143 e. The number of benzene rings is 8. The van der Waals surface area contributed by atoms with Gasteiger partial charge in [-0.25, -0.2) is 0 Å². The van der Waals surface area contributed by atoms with Crippen molar-refractivity contribution in [3.8, 4) is 16.9 Å². The summed E-state index contributed by atoms with van der Waals surface area (Å²) in [5.74, 6) is 0.942. The molecule has 4 nitrogen and oxygen atoms in total. The highest BCUT2D eigenvalue weighted by Crippen LogP contribution is 2.41. The van der Waals surface area contributed by atoms with Crippen molar-refractivity contribution in [1.29, 1.82) is 0 Å². The molecular formula is C54H40N2O2. The van der Waals surface area contributed by atoms with E-state index in [1.54, 1.807) is 0 Å². The first-order chi connectivity index (χ1) is 28.8. The van der Waals surface area contributed by atoms with Crippen molar-refractivity contribution in [3.63, 3.8) is 0 Å². The minimum atomic E-state index is 0.508. The predicted molar refractivity (Wildman–Crippen MR) is 241 cm³/mol. The number of para-hydroxylation sites is 5. The summed E-state index contributed by atoms with van der Waals surface area (Å²) >= 11 is 0. The van der Waals surface area contributed by atoms with Crippen molar-refractivity contribution in [1.82, 2.24) is 0 Å². The Morgan fingerprint density at radius 3 is 1.59 bits per heavy atom. The summed E-state index contributed by atoms with van der Waals surface area (Å²) < 4.78 is 12.6. The van der Waals surface area contributed by atoms with Crippen LogP contribution in [0.2, 0.25) is 0 Å². The molecule has 0 saturated carbocycles. The molecule has 2 heterocycles. The Kier molecular flexibility index (Phi) is 9.34. The molecule has 0 bridgehead atoms. The summed E-state index contributed by atoms with van der Waals surface area (Å²) in [6.07, 6.45) is 7.42. The van der Waals surface area contributed by atoms with Crippen LogP contribution in [0.3, 0.4) is 0 Å². The zero-order valence-electron chi connectivity index (χ0n) is 31.9. The van der Waals surface area contributed by atoms with E-state index in [4.69, 9.17) is 9.15 Å². The average molecular weight is 749 g/mol. The molecule has 4 heteroatoms. The van der Waals surface area contributed by atoms with Gasteiger partial charge >= 0.3 is 0 Å². The third-order valence-electron chi connectivity index (χ3n) is 10.8. The first kappa shape index (κ1) is 34.9. The molecule has 0 N–H and O–H groups in total. The fourth-order valence-electron chi connectivity index (χ4n) is 8.00. The highest BCUT2D eigenvalue weighted by molar-refractivity contribution is 6.09. The lowest BCUT2D eigenvalue weighted by molar-refractivity contribution is 0.360. The van der Waals surface area contributed by atoms with Crippen molar-refractivity contribution >= 4 is 61.6 Å². The van der Waals surface area contributed by atoms with E-state index < -0.39 is 0 Å². The molecule has 9 aromatic rings. The third kappa shape index (κ3) is 6.82. The second kappa shape index (κ2) is 15.5. The Morgan fingerprint density at radius 2 is 0.931 bits per heavy atom. The van der Waals surface area contributed by atoms with Gasteiger partial charge in [-0.3, -0.25) is 0 Å². The normalized spacial score (nSPS) is 14.0. The van der Waals surface area contributed by atoms with Gasteiger partial charge in [0.2, 0.25) is 0 Å². The van der Waals surface area contributed by atoms with Crippen LogP contribution in [0.25, 0.3) is 38.6 Å². The SMILES string of the molecule is C1=C\C(c2ccc(N(c3ccc(-c4cccc5c4oc4ccccc45)cc3)c3ccc(N(c4ccccc4)c4ccccc4)cc3)cc2)=C/COc2ccccc2C/1. The second-order valence-electron chi connectivity index (χ2n) is 14.4. The van der Waals surface area contributed by atoms with Gasteiger partial charge in [-0.1, -0.05) is 127 Å². The summed E-state index contributed by atoms with van der Waals surface area (Å²) in [4.78, 5) is 4.61. The van der Waals surface area contributed by atoms with Crippen molar-refractivity contribution in [2.45, 2.75) is 6.42 Å². The Labute approximate surface area is 338 Å². The molecule has 1 aliphatic rings. The number of ether oxygens (including phenoxy) is 1. The first-order valence-corrected chi connectivity index (χ1v) is 19.8. The molecule has 1 aliphatic heterocycles. The fourth-order valence-corrected chi connectivity index (χ4v) is 8.00. The highest BCUT2D eigenvalue weighted by atomic mass is 16.5. The minimum absolute atomic E-state index is 0.508. The zero-order valence-corrected chi connectivity index (χ0v) is 31.9. The van der Waals surface area contributed by atoms with Crippen molar-refractivity contribution in [2.24, 2.45) is 0 Å². The van der Waals surface area contributed by atoms with E-state index in [9.17, 15) is 0 Å². The number of nitrogens with zero attached hydrogens (tertiary/aromatic N) is 2. The predicted octanol–water partition coefficient (Wildman–Crippen LogP) is 14.8. The standard InChI is InChI=1S/C54H40N2O2/c1-3-16-43(17-4-1)55(44-18-5-2-6-19-44)47-33-35-48(36-34-47)56(45-29-25-40(26-30-45)39-14-11-15-42-13-7-9-23-52(42)57-38-37-39)46-31-27-41(28-32-46)49-21-12-22-51-50-20-8-10-24-53(50)58-54(49)51/h1-14,16-37H,15,38H2/b14-11-,39-37+. The molecule has 0 amide bonds. The Hall–Kier alpha value is -7.56. The molecule has 278 valence electrons. The Balaban J connectivity index is 1.02. The number of anilines is 6. The van der Waals surface area contributed by atoms with Crippen LogP contribution in [0.5, 0.6) is 5.75 Å². The number of allylic oxidation sites excluding steroid dienone is 3. The fraction of sp³-hybridized carbons (Fsp3) is 0.0370. The van der Waals surface area contributed by atoms with Gasteiger partial charge in [-0.05, 0) is 120 Å². The number of hydrogen-bond donors (Lipinski definition) is 0. The minimum Gasteiger partial charge on any atom is -0.489 e. The number of fused-ring (bicyclic) bond motifs is 4. The molecule has 0 aliphatic carbocycles. The van der Waals surface area contributed by atoms with E-state index in [0.717, 1.165) is 90.5 Å². The van der Waals surface area contributed by atoms with Crippen LogP contribution in [0.1, 0.15) is 11.1 Å². The number of furan rings is 1. The molecule has 0 spiro atoms. The van der Waals surface area contributed by atoms with E-state index in [1.165, 1.54) is 5.56 Å². The lowest BCUT2D eigenvalue weighted by Crippen LogP contribution is -2.12. The molecular weight excluding hydrogens is 709 g/mol. The van der Waals surface area contributed by atoms with Crippen LogP contribution in [-0.4, -0.2) is 6.61 Å². The summed E-state index contributed by atoms with van der Waals surface area (Å²) in [5.41, 5.74) is 13.9. The summed E-state index contributed by atoms with van der Waals surface area (Å²) in [5, 5.41) is 2.26. The largest absolute Gasteiger partial charge is 0.489 e. The molecule has 0 saturated heterocycles. The zero-order chi connectivity index (χ0) is 38.7. The lowest BCUT2D eigenvalue weighted by atomic mass is 10.0. The molecule has 0 fully saturated rings. The maximum Gasteiger partial charge on any atom is 0.143 e. The van der Waals surface area contributed by atoms with Crippen molar-refractivity contribution < 1.29 is 9.15 Å². The van der Waals surface area contributed by atoms with Gasteiger partial charge in [0.05, 0.1) is 0 Å². The molecule has 0 radical (unpaired) electrons. The summed E-state index contributed by atoms with van der Waals surface area (Å²) in [6.45, 7) is 0.508. The molecule has 58 heavy (non-hydrogen) atoms. The van der Waals surface area contributed by atoms with E-state index in [2.05, 4.69) is 204 Å². The highest BCUT2D eigenvalue weighted by Gasteiger charge is 2.18. The second-order valence-corrected chi connectivity index (χ2v) is 14.4. The van der Waals surface area contributed by atoms with Crippen LogP contribution in [0.15, 0.2) is 223 Å². The first-order valence-electron chi connectivity index (χ1n) is 19.8. The van der Waals surface area contributed by atoms with E-state index in [1.807, 2.05) is 24.3 Å². The van der Waals surface area contributed by atoms with Crippen LogP contribution >= 0.6 is 0 Å². The van der Waals surface area contributed by atoms with Gasteiger partial charge in [-0.15, -0.1) is 0 Å². The third-order valence-corrected chi connectivity index (χ3v) is 10.8. The Morgan fingerprint density at radius 1 is 0.414 bits per heavy atom. The van der Waals surface area contributed by atoms with E-state index in [0.29, 0.717) is 6.61 Å². The lowest BCUT2D eigenvalue weighted by Gasteiger charge is -2.28. The van der Waals surface area contributed by atoms with Crippen LogP contribution in [0.4, 0.5) is 34.1 Å². The number of hydrogen-bond acceptors (Lipinski definition) is 4. The van der Waals surface area contributed by atoms with Crippen LogP contribution in [0, 0.1) is 0 Å². The van der Waals surface area contributed by atoms with Gasteiger partial charge in [0.1, 0.15) is 23.5 Å². The van der Waals surface area contributed by atoms with Crippen molar-refractivity contribution in [2.75, 3.05) is 16.4 Å². The van der Waals surface area contributed by atoms with Gasteiger partial charge in [-0.2, -0.15) is 0 Å². The van der Waals surface area contributed by atoms with Gasteiger partial charge in [0, 0.05) is 50.5 Å². The molecule has 0 unspecified atom stereocenters. The summed E-state index contributed by atoms with van der Waals surface area (Å²) in [7, 11) is 0. The van der Waals surface area contributed by atoms with Gasteiger partial charge in [0.25, 0.3) is 0 Å². The quantitative estimate of drug-likeness (QED) is 0.155. The van der Waals surface area contributed by atoms with Crippen molar-refractivity contribution in [3.05, 3.63) is 230 Å². The van der Waals surface area contributed by atoms with Crippen LogP contribution in [-0.2, 0) is 6.42 Å². The molecule has 8 aromatic carbocycles. The van der Waals surface area contributed by atoms with Gasteiger partial charge in [0.15, 0.2) is 0 Å². The average Bonchev–Trinajstić information content (AvgIpc) is 3.72. The molecule has 1 aromatic heterocycles. The van der Waals surface area contributed by atoms with Crippen LogP contribution < -0.4 is 14.5 Å². The summed E-state index contributed by atoms with van der Waals surface area (Å²) in [6, 6.07) is 70.4. The topological polar surface area (TPSA) is 28.9 Å². The van der Waals surface area contributed by atoms with E-state index in [-0.39, 0.29) is 0 Å². The van der Waals surface area contributed by atoms with E-state index >= 15 is 0 Å². The maximum atomic E-state index is 6.42. The van der Waals surface area contributed by atoms with Gasteiger partial charge < -0.3 is 19.0 Å². The molecule has 10 rings (SSSR count).